The molecule has 2 unspecified atom stereocenters. The predicted octanol–water partition coefficient (Wildman–Crippen LogP) is 5.56. The third-order valence-corrected chi connectivity index (χ3v) is 9.12. The maximum Gasteiger partial charge on any atom is 0.249 e. The summed E-state index contributed by atoms with van der Waals surface area (Å²) in [7, 11) is 1.64. The molecule has 0 saturated heterocycles. The molecule has 244 valence electrons. The molecule has 0 radical (unpaired) electrons. The number of hydrogen-bond acceptors (Lipinski definition) is 5. The van der Waals surface area contributed by atoms with Gasteiger partial charge in [-0.25, -0.2) is 8.78 Å². The standard InChI is InChI=1S/C36H47F2N3O4/c1-5-12-41(13-6-2)34(43)26-14-23(3)20-36(21-26,35(39)44)31(17-24-15-27(37)19-28(38)16-24)33(42)22-40-32-9-7-8-25-18-29(45-4)10-11-30(25)32/h10-11,14-16,18-20,31-33,40,42H,5-9,12-13,17,21-22H2,1-4H3,(H2,39,44)/t31-,32?,33+,36?/m1/s1. The lowest BCUT2D eigenvalue weighted by atomic mass is 9.63. The van der Waals surface area contributed by atoms with Crippen LogP contribution in [0.3, 0.4) is 0 Å². The molecule has 2 aromatic rings. The van der Waals surface area contributed by atoms with Gasteiger partial charge in [-0.2, -0.15) is 0 Å². The van der Waals surface area contributed by atoms with Gasteiger partial charge in [0, 0.05) is 43.2 Å². The number of fused-ring (bicyclic) bond motifs is 1. The zero-order valence-corrected chi connectivity index (χ0v) is 26.9. The van der Waals surface area contributed by atoms with Crippen molar-refractivity contribution in [3.8, 4) is 5.75 Å². The number of nitrogens with one attached hydrogen (secondary N) is 1. The number of amides is 2. The number of aryl methyl sites for hydroxylation is 1. The van der Waals surface area contributed by atoms with Crippen LogP contribution in [0.1, 0.15) is 75.6 Å². The number of allylic oxidation sites excluding steroid dienone is 2. The average Bonchev–Trinajstić information content (AvgIpc) is 3.00. The van der Waals surface area contributed by atoms with Gasteiger partial charge in [0.1, 0.15) is 17.4 Å². The fraction of sp³-hybridized carbons (Fsp3) is 0.500. The van der Waals surface area contributed by atoms with Gasteiger partial charge in [-0.05, 0) is 92.8 Å². The van der Waals surface area contributed by atoms with Crippen molar-refractivity contribution in [2.45, 2.75) is 77.9 Å². The van der Waals surface area contributed by atoms with Gasteiger partial charge >= 0.3 is 0 Å². The minimum absolute atomic E-state index is 0.0198. The summed E-state index contributed by atoms with van der Waals surface area (Å²) in [5, 5.41) is 15.4. The third-order valence-electron chi connectivity index (χ3n) is 9.12. The van der Waals surface area contributed by atoms with E-state index >= 15 is 0 Å². The van der Waals surface area contributed by atoms with Crippen molar-refractivity contribution in [1.29, 1.82) is 0 Å². The van der Waals surface area contributed by atoms with Crippen LogP contribution in [-0.2, 0) is 22.4 Å². The Bertz CT molecular complexity index is 1420. The van der Waals surface area contributed by atoms with Crippen LogP contribution in [0, 0.1) is 23.0 Å². The van der Waals surface area contributed by atoms with E-state index in [1.54, 1.807) is 31.1 Å². The Morgan fingerprint density at radius 3 is 2.44 bits per heavy atom. The van der Waals surface area contributed by atoms with Crippen LogP contribution in [0.5, 0.6) is 5.75 Å². The minimum Gasteiger partial charge on any atom is -0.497 e. The van der Waals surface area contributed by atoms with E-state index in [0.29, 0.717) is 29.8 Å². The molecule has 4 N–H and O–H groups in total. The predicted molar refractivity (Wildman–Crippen MR) is 171 cm³/mol. The molecule has 0 bridgehead atoms. The highest BCUT2D eigenvalue weighted by atomic mass is 19.1. The van der Waals surface area contributed by atoms with Crippen LogP contribution in [-0.4, -0.2) is 54.7 Å². The molecule has 0 saturated carbocycles. The van der Waals surface area contributed by atoms with Crippen LogP contribution in [0.2, 0.25) is 0 Å². The van der Waals surface area contributed by atoms with Crippen LogP contribution in [0.15, 0.2) is 59.7 Å². The van der Waals surface area contributed by atoms with Crippen molar-refractivity contribution in [1.82, 2.24) is 10.2 Å². The monoisotopic (exact) mass is 623 g/mol. The fourth-order valence-corrected chi connectivity index (χ4v) is 7.09. The van der Waals surface area contributed by atoms with Crippen LogP contribution >= 0.6 is 0 Å². The number of rotatable bonds is 14. The molecule has 2 aromatic carbocycles. The van der Waals surface area contributed by atoms with Gasteiger partial charge in [-0.15, -0.1) is 0 Å². The largest absolute Gasteiger partial charge is 0.497 e. The summed E-state index contributed by atoms with van der Waals surface area (Å²) in [6, 6.07) is 9.15. The lowest BCUT2D eigenvalue weighted by Gasteiger charge is -2.42. The number of halogens is 2. The fourth-order valence-electron chi connectivity index (χ4n) is 7.09. The lowest BCUT2D eigenvalue weighted by molar-refractivity contribution is -0.132. The highest BCUT2D eigenvalue weighted by Crippen LogP contribution is 2.45. The number of hydrogen-bond donors (Lipinski definition) is 3. The van der Waals surface area contributed by atoms with Crippen LogP contribution in [0.25, 0.3) is 0 Å². The Kier molecular flexibility index (Phi) is 11.6. The van der Waals surface area contributed by atoms with Crippen molar-refractivity contribution >= 4 is 11.8 Å². The normalized spacial score (nSPS) is 20.8. The van der Waals surface area contributed by atoms with E-state index in [1.807, 2.05) is 32.0 Å². The summed E-state index contributed by atoms with van der Waals surface area (Å²) in [5.41, 5.74) is 8.39. The summed E-state index contributed by atoms with van der Waals surface area (Å²) in [6.07, 6.45) is 6.60. The number of ether oxygens (including phenoxy) is 1. The molecular formula is C36H47F2N3O4. The maximum atomic E-state index is 14.3. The Morgan fingerprint density at radius 2 is 1.82 bits per heavy atom. The second kappa shape index (κ2) is 15.1. The number of aliphatic hydroxyl groups is 1. The smallest absolute Gasteiger partial charge is 0.249 e. The summed E-state index contributed by atoms with van der Waals surface area (Å²) in [5.74, 6) is -2.48. The molecule has 7 nitrogen and oxygen atoms in total. The molecule has 4 atom stereocenters. The van der Waals surface area contributed by atoms with Gasteiger partial charge in [0.05, 0.1) is 18.6 Å². The Morgan fingerprint density at radius 1 is 1.13 bits per heavy atom. The Balaban J connectivity index is 1.69. The SMILES string of the molecule is CCCN(CCC)C(=O)C1=CC(C)=CC(C(N)=O)([C@H](Cc2cc(F)cc(F)c2)[C@@H](O)CNC2CCCc3cc(OC)ccc32)C1. The summed E-state index contributed by atoms with van der Waals surface area (Å²) < 4.78 is 34.1. The first-order chi connectivity index (χ1) is 21.5. The summed E-state index contributed by atoms with van der Waals surface area (Å²) in [6.45, 7) is 7.05. The molecule has 0 fully saturated rings. The number of methoxy groups -OCH3 is 1. The van der Waals surface area contributed by atoms with Gasteiger partial charge < -0.3 is 25.8 Å². The highest BCUT2D eigenvalue weighted by Gasteiger charge is 2.48. The molecule has 4 rings (SSSR count). The topological polar surface area (TPSA) is 105 Å². The minimum atomic E-state index is -1.48. The molecule has 0 spiro atoms. The van der Waals surface area contributed by atoms with Crippen molar-refractivity contribution in [2.75, 3.05) is 26.7 Å². The van der Waals surface area contributed by atoms with Crippen molar-refractivity contribution in [2.24, 2.45) is 17.1 Å². The van der Waals surface area contributed by atoms with Crippen LogP contribution < -0.4 is 15.8 Å². The number of primary amides is 1. The van der Waals surface area contributed by atoms with E-state index in [4.69, 9.17) is 10.5 Å². The zero-order valence-electron chi connectivity index (χ0n) is 26.9. The molecular weight excluding hydrogens is 576 g/mol. The quantitative estimate of drug-likeness (QED) is 0.256. The van der Waals surface area contributed by atoms with Gasteiger partial charge in [-0.1, -0.05) is 37.6 Å². The number of carbonyl (C=O) groups is 2. The maximum absolute atomic E-state index is 14.3. The Labute approximate surface area is 265 Å². The number of nitrogens with zero attached hydrogens (tertiary/aromatic N) is 1. The van der Waals surface area contributed by atoms with E-state index in [9.17, 15) is 23.5 Å². The highest BCUT2D eigenvalue weighted by molar-refractivity contribution is 5.97. The molecule has 45 heavy (non-hydrogen) atoms. The first-order valence-electron chi connectivity index (χ1n) is 16.0. The van der Waals surface area contributed by atoms with E-state index in [0.717, 1.165) is 49.5 Å². The van der Waals surface area contributed by atoms with Crippen molar-refractivity contribution in [3.05, 3.63) is 88.0 Å². The first kappa shape index (κ1) is 34.3. The Hall–Kier alpha value is -3.56. The van der Waals surface area contributed by atoms with Crippen molar-refractivity contribution < 1.29 is 28.2 Å². The first-order valence-corrected chi connectivity index (χ1v) is 16.0. The molecule has 0 heterocycles. The van der Waals surface area contributed by atoms with Crippen LogP contribution in [0.4, 0.5) is 8.78 Å². The average molecular weight is 624 g/mol. The molecule has 0 aliphatic heterocycles. The number of nitrogens with two attached hydrogens (primary N) is 1. The van der Waals surface area contributed by atoms with E-state index in [2.05, 4.69) is 5.32 Å². The molecule has 9 heteroatoms. The summed E-state index contributed by atoms with van der Waals surface area (Å²) >= 11 is 0. The summed E-state index contributed by atoms with van der Waals surface area (Å²) in [4.78, 5) is 29.1. The van der Waals surface area contributed by atoms with Crippen molar-refractivity contribution in [3.63, 3.8) is 0 Å². The van der Waals surface area contributed by atoms with E-state index in [-0.39, 0.29) is 31.3 Å². The van der Waals surface area contributed by atoms with E-state index < -0.39 is 35.0 Å². The van der Waals surface area contributed by atoms with Gasteiger partial charge in [0.25, 0.3) is 0 Å². The van der Waals surface area contributed by atoms with Gasteiger partial charge in [0.15, 0.2) is 0 Å². The number of benzene rings is 2. The number of carbonyl (C=O) groups excluding carboxylic acids is 2. The van der Waals surface area contributed by atoms with Gasteiger partial charge in [0.2, 0.25) is 11.8 Å². The third kappa shape index (κ3) is 8.00. The number of aliphatic hydroxyl groups excluding tert-OH is 1. The molecule has 2 amide bonds. The second-order valence-electron chi connectivity index (χ2n) is 12.5. The van der Waals surface area contributed by atoms with Gasteiger partial charge in [-0.3, -0.25) is 9.59 Å². The second-order valence-corrected chi connectivity index (χ2v) is 12.5. The molecule has 2 aliphatic carbocycles. The molecule has 0 aromatic heterocycles. The zero-order chi connectivity index (χ0) is 32.7. The van der Waals surface area contributed by atoms with E-state index in [1.165, 1.54) is 17.7 Å². The molecule has 2 aliphatic rings. The lowest BCUT2D eigenvalue weighted by Crippen LogP contribution is -2.52.